The van der Waals surface area contributed by atoms with Crippen molar-refractivity contribution in [1.82, 2.24) is 0 Å². The second-order valence-corrected chi connectivity index (χ2v) is 3.46. The number of hydrogen-bond donors (Lipinski definition) is 2. The highest BCUT2D eigenvalue weighted by molar-refractivity contribution is 5.83. The third kappa shape index (κ3) is 1.99. The Bertz CT molecular complexity index is 360. The summed E-state index contributed by atoms with van der Waals surface area (Å²) in [5, 5.41) is 9.12. The Morgan fingerprint density at radius 3 is 2.44 bits per heavy atom. The fraction of sp³-hybridized carbons (Fsp3) is 0.364. The smallest absolute Gasteiger partial charge is 0.320 e. The van der Waals surface area contributed by atoms with E-state index >= 15 is 0 Å². The van der Waals surface area contributed by atoms with E-state index in [1.807, 2.05) is 0 Å². The molecule has 16 heavy (non-hydrogen) atoms. The summed E-state index contributed by atoms with van der Waals surface area (Å²) in [6.07, 6.45) is 0. The number of carbonyl (C=O) groups is 1. The Hall–Kier alpha value is -1.62. The Labute approximate surface area is 92.8 Å². The molecule has 1 rings (SSSR count). The number of ether oxygens (including phenoxy) is 1. The van der Waals surface area contributed by atoms with Crippen LogP contribution in [-0.2, 0) is 14.9 Å². The summed E-state index contributed by atoms with van der Waals surface area (Å²) in [4.78, 5) is 11.6. The molecule has 0 aliphatic rings. The van der Waals surface area contributed by atoms with Crippen molar-refractivity contribution in [3.05, 3.63) is 29.8 Å². The molecule has 5 heteroatoms. The number of phenols is 1. The summed E-state index contributed by atoms with van der Waals surface area (Å²) in [5.41, 5.74) is 4.37. The number of benzene rings is 1. The van der Waals surface area contributed by atoms with Crippen LogP contribution < -0.4 is 5.73 Å². The van der Waals surface area contributed by atoms with Crippen LogP contribution in [0.2, 0.25) is 0 Å². The average molecular weight is 227 g/mol. The summed E-state index contributed by atoms with van der Waals surface area (Å²) in [5.74, 6) is -0.679. The van der Waals surface area contributed by atoms with Crippen LogP contribution in [0.1, 0.15) is 5.56 Å². The van der Waals surface area contributed by atoms with Gasteiger partial charge in [-0.15, -0.1) is 0 Å². The van der Waals surface area contributed by atoms with Crippen LogP contribution in [-0.4, -0.2) is 31.4 Å². The Morgan fingerprint density at radius 1 is 1.50 bits per heavy atom. The number of halogens is 1. The molecule has 0 heterocycles. The normalized spacial score (nSPS) is 14.2. The Morgan fingerprint density at radius 2 is 2.06 bits per heavy atom. The first-order valence-electron chi connectivity index (χ1n) is 4.74. The molecule has 0 bridgehead atoms. The van der Waals surface area contributed by atoms with E-state index in [2.05, 4.69) is 4.74 Å². The van der Waals surface area contributed by atoms with Crippen LogP contribution in [0.5, 0.6) is 5.75 Å². The molecule has 0 fully saturated rings. The van der Waals surface area contributed by atoms with Gasteiger partial charge >= 0.3 is 5.97 Å². The van der Waals surface area contributed by atoms with Crippen molar-refractivity contribution in [3.8, 4) is 5.75 Å². The van der Waals surface area contributed by atoms with Gasteiger partial charge in [0.15, 0.2) is 0 Å². The number of esters is 1. The quantitative estimate of drug-likeness (QED) is 0.744. The number of nitrogens with two attached hydrogens (primary N) is 1. The molecule has 1 aromatic carbocycles. The van der Waals surface area contributed by atoms with Crippen molar-refractivity contribution in [2.75, 3.05) is 20.3 Å². The molecular formula is C11H14FNO3. The van der Waals surface area contributed by atoms with Gasteiger partial charge < -0.3 is 15.6 Å². The maximum atomic E-state index is 13.1. The fourth-order valence-corrected chi connectivity index (χ4v) is 1.48. The lowest BCUT2D eigenvalue weighted by Gasteiger charge is -2.26. The van der Waals surface area contributed by atoms with Gasteiger partial charge in [0.25, 0.3) is 0 Å². The molecule has 0 saturated carbocycles. The van der Waals surface area contributed by atoms with Gasteiger partial charge in [-0.25, -0.2) is 4.39 Å². The van der Waals surface area contributed by atoms with E-state index in [0.29, 0.717) is 5.56 Å². The zero-order chi connectivity index (χ0) is 12.2. The lowest BCUT2D eigenvalue weighted by Crippen LogP contribution is -2.45. The van der Waals surface area contributed by atoms with Gasteiger partial charge in [0, 0.05) is 6.54 Å². The standard InChI is InChI=1S/C11H14FNO3/c1-16-10(15)11(6-12,7-13)8-2-4-9(14)5-3-8/h2-5,14H,6-7,13H2,1H3. The minimum atomic E-state index is -1.48. The second-order valence-electron chi connectivity index (χ2n) is 3.46. The van der Waals surface area contributed by atoms with E-state index in [1.54, 1.807) is 0 Å². The third-order valence-corrected chi connectivity index (χ3v) is 2.57. The largest absolute Gasteiger partial charge is 0.508 e. The maximum Gasteiger partial charge on any atom is 0.320 e. The van der Waals surface area contributed by atoms with E-state index in [1.165, 1.54) is 31.4 Å². The zero-order valence-electron chi connectivity index (χ0n) is 8.94. The van der Waals surface area contributed by atoms with Crippen LogP contribution in [0.25, 0.3) is 0 Å². The predicted molar refractivity (Wildman–Crippen MR) is 56.8 cm³/mol. The Balaban J connectivity index is 3.20. The maximum absolute atomic E-state index is 13.1. The van der Waals surface area contributed by atoms with Crippen LogP contribution in [0.4, 0.5) is 4.39 Å². The summed E-state index contributed by atoms with van der Waals surface area (Å²) in [7, 11) is 1.18. The van der Waals surface area contributed by atoms with Gasteiger partial charge in [-0.05, 0) is 17.7 Å². The van der Waals surface area contributed by atoms with Gasteiger partial charge in [-0.3, -0.25) is 4.79 Å². The van der Waals surface area contributed by atoms with Crippen LogP contribution in [0.3, 0.4) is 0 Å². The van der Waals surface area contributed by atoms with Crippen molar-refractivity contribution in [2.45, 2.75) is 5.41 Å². The average Bonchev–Trinajstić information content (AvgIpc) is 2.33. The minimum absolute atomic E-state index is 0.0402. The van der Waals surface area contributed by atoms with Crippen LogP contribution >= 0.6 is 0 Å². The van der Waals surface area contributed by atoms with Gasteiger partial charge in [-0.2, -0.15) is 0 Å². The van der Waals surface area contributed by atoms with Crippen molar-refractivity contribution < 1.29 is 19.0 Å². The first-order chi connectivity index (χ1) is 7.60. The highest BCUT2D eigenvalue weighted by atomic mass is 19.1. The number of methoxy groups -OCH3 is 1. The third-order valence-electron chi connectivity index (χ3n) is 2.57. The number of hydrogen-bond acceptors (Lipinski definition) is 4. The molecular weight excluding hydrogens is 213 g/mol. The number of aromatic hydroxyl groups is 1. The van der Waals surface area contributed by atoms with Crippen molar-refractivity contribution in [3.63, 3.8) is 0 Å². The van der Waals surface area contributed by atoms with Gasteiger partial charge in [-0.1, -0.05) is 12.1 Å². The minimum Gasteiger partial charge on any atom is -0.508 e. The van der Waals surface area contributed by atoms with Gasteiger partial charge in [0.2, 0.25) is 0 Å². The number of alkyl halides is 1. The van der Waals surface area contributed by atoms with Crippen LogP contribution in [0.15, 0.2) is 24.3 Å². The van der Waals surface area contributed by atoms with E-state index in [0.717, 1.165) is 0 Å². The highest BCUT2D eigenvalue weighted by Gasteiger charge is 2.40. The SMILES string of the molecule is COC(=O)C(CN)(CF)c1ccc(O)cc1. The summed E-state index contributed by atoms with van der Waals surface area (Å²) in [6.45, 7) is -1.14. The van der Waals surface area contributed by atoms with E-state index < -0.39 is 18.1 Å². The molecule has 0 saturated heterocycles. The van der Waals surface area contributed by atoms with Crippen molar-refractivity contribution in [1.29, 1.82) is 0 Å². The van der Waals surface area contributed by atoms with Gasteiger partial charge in [0.1, 0.15) is 17.8 Å². The molecule has 4 nitrogen and oxygen atoms in total. The number of phenolic OH excluding ortho intramolecular Hbond substituents is 1. The summed E-state index contributed by atoms with van der Waals surface area (Å²) < 4.78 is 17.7. The van der Waals surface area contributed by atoms with Crippen LogP contribution in [0, 0.1) is 0 Å². The molecule has 1 aromatic rings. The van der Waals surface area contributed by atoms with E-state index in [4.69, 9.17) is 10.8 Å². The topological polar surface area (TPSA) is 72.5 Å². The highest BCUT2D eigenvalue weighted by Crippen LogP contribution is 2.27. The Kier molecular flexibility index (Phi) is 3.84. The van der Waals surface area contributed by atoms with E-state index in [-0.39, 0.29) is 12.3 Å². The predicted octanol–water partition coefficient (Wildman–Crippen LogP) is 0.731. The van der Waals surface area contributed by atoms with Crippen molar-refractivity contribution >= 4 is 5.97 Å². The fourth-order valence-electron chi connectivity index (χ4n) is 1.48. The molecule has 3 N–H and O–H groups in total. The first-order valence-corrected chi connectivity index (χ1v) is 4.74. The lowest BCUT2D eigenvalue weighted by molar-refractivity contribution is -0.147. The molecule has 88 valence electrons. The number of carbonyl (C=O) groups excluding carboxylic acids is 1. The molecule has 0 aromatic heterocycles. The zero-order valence-corrected chi connectivity index (χ0v) is 8.94. The summed E-state index contributed by atoms with van der Waals surface area (Å²) in [6, 6.07) is 5.66. The van der Waals surface area contributed by atoms with Gasteiger partial charge in [0.05, 0.1) is 7.11 Å². The molecule has 1 unspecified atom stereocenters. The molecule has 0 aliphatic heterocycles. The molecule has 0 radical (unpaired) electrons. The first kappa shape index (κ1) is 12.4. The number of rotatable bonds is 4. The monoisotopic (exact) mass is 227 g/mol. The molecule has 1 atom stereocenters. The molecule has 0 amide bonds. The van der Waals surface area contributed by atoms with Crippen molar-refractivity contribution in [2.24, 2.45) is 5.73 Å². The van der Waals surface area contributed by atoms with E-state index in [9.17, 15) is 9.18 Å². The molecule has 0 aliphatic carbocycles. The second kappa shape index (κ2) is 4.94. The summed E-state index contributed by atoms with van der Waals surface area (Å²) >= 11 is 0. The molecule has 0 spiro atoms. The lowest BCUT2D eigenvalue weighted by atomic mass is 9.81.